The second kappa shape index (κ2) is 5.00. The number of imide groups is 3. The summed E-state index contributed by atoms with van der Waals surface area (Å²) in [7, 11) is 1.58. The van der Waals surface area contributed by atoms with Crippen LogP contribution in [0.5, 0.6) is 0 Å². The standard InChI is InChI=1S/C13H14N2O3/c1-14(9-10-5-3-2-4-6-10)13(18)15-11(16)7-8-12(15)17/h2-6H,7-9H2,1H3. The quantitative estimate of drug-likeness (QED) is 0.741. The Hall–Kier alpha value is -2.17. The molecule has 5 heteroatoms. The number of carbonyl (C=O) groups excluding carboxylic acids is 3. The van der Waals surface area contributed by atoms with Crippen LogP contribution in [0, 0.1) is 0 Å². The fourth-order valence-electron chi connectivity index (χ4n) is 1.89. The van der Waals surface area contributed by atoms with Gasteiger partial charge in [-0.25, -0.2) is 9.69 Å². The number of carbonyl (C=O) groups is 3. The van der Waals surface area contributed by atoms with E-state index in [0.29, 0.717) is 6.54 Å². The first-order valence-corrected chi connectivity index (χ1v) is 5.74. The number of hydrogen-bond donors (Lipinski definition) is 0. The van der Waals surface area contributed by atoms with Crippen molar-refractivity contribution >= 4 is 17.8 Å². The van der Waals surface area contributed by atoms with Gasteiger partial charge in [-0.15, -0.1) is 0 Å². The summed E-state index contributed by atoms with van der Waals surface area (Å²) >= 11 is 0. The minimum atomic E-state index is -0.550. The SMILES string of the molecule is CN(Cc1ccccc1)C(=O)N1C(=O)CCC1=O. The molecule has 5 nitrogen and oxygen atoms in total. The maximum Gasteiger partial charge on any atom is 0.333 e. The van der Waals surface area contributed by atoms with Gasteiger partial charge >= 0.3 is 6.03 Å². The van der Waals surface area contributed by atoms with Gasteiger partial charge in [0.25, 0.3) is 0 Å². The van der Waals surface area contributed by atoms with Crippen LogP contribution in [0.15, 0.2) is 30.3 Å². The van der Waals surface area contributed by atoms with Crippen molar-refractivity contribution in [1.29, 1.82) is 0 Å². The largest absolute Gasteiger partial charge is 0.333 e. The number of likely N-dealkylation sites (tertiary alicyclic amines) is 1. The fraction of sp³-hybridized carbons (Fsp3) is 0.308. The molecule has 0 atom stereocenters. The summed E-state index contributed by atoms with van der Waals surface area (Å²) in [5, 5.41) is 0. The molecule has 94 valence electrons. The molecule has 0 unspecified atom stereocenters. The summed E-state index contributed by atoms with van der Waals surface area (Å²) in [4.78, 5) is 37.0. The normalized spacial score (nSPS) is 15.1. The van der Waals surface area contributed by atoms with Gasteiger partial charge in [-0.2, -0.15) is 0 Å². The van der Waals surface area contributed by atoms with E-state index in [1.807, 2.05) is 30.3 Å². The summed E-state index contributed by atoms with van der Waals surface area (Å²) in [6, 6.07) is 8.86. The molecule has 0 radical (unpaired) electrons. The second-order valence-electron chi connectivity index (χ2n) is 4.25. The third-order valence-electron chi connectivity index (χ3n) is 2.83. The molecule has 1 aliphatic heterocycles. The number of amides is 4. The van der Waals surface area contributed by atoms with Crippen LogP contribution < -0.4 is 0 Å². The molecular weight excluding hydrogens is 232 g/mol. The first-order chi connectivity index (χ1) is 8.59. The Morgan fingerprint density at radius 3 is 2.28 bits per heavy atom. The first-order valence-electron chi connectivity index (χ1n) is 5.74. The lowest BCUT2D eigenvalue weighted by molar-refractivity contribution is -0.135. The van der Waals surface area contributed by atoms with Crippen molar-refractivity contribution in [1.82, 2.24) is 9.80 Å². The average molecular weight is 246 g/mol. The lowest BCUT2D eigenvalue weighted by Crippen LogP contribution is -2.43. The molecule has 1 heterocycles. The molecule has 0 bridgehead atoms. The maximum atomic E-state index is 12.0. The predicted molar refractivity (Wildman–Crippen MR) is 64.4 cm³/mol. The topological polar surface area (TPSA) is 57.7 Å². The number of urea groups is 1. The van der Waals surface area contributed by atoms with E-state index in [4.69, 9.17) is 0 Å². The summed E-state index contributed by atoms with van der Waals surface area (Å²) < 4.78 is 0. The summed E-state index contributed by atoms with van der Waals surface area (Å²) in [6.45, 7) is 0.372. The van der Waals surface area contributed by atoms with Gasteiger partial charge in [0.1, 0.15) is 0 Å². The minimum absolute atomic E-state index is 0.129. The van der Waals surface area contributed by atoms with Gasteiger partial charge in [0.05, 0.1) is 0 Å². The van der Waals surface area contributed by atoms with Crippen molar-refractivity contribution in [3.63, 3.8) is 0 Å². The number of nitrogens with zero attached hydrogens (tertiary/aromatic N) is 2. The molecule has 18 heavy (non-hydrogen) atoms. The Balaban J connectivity index is 2.05. The Morgan fingerprint density at radius 1 is 1.17 bits per heavy atom. The van der Waals surface area contributed by atoms with E-state index in [9.17, 15) is 14.4 Å². The predicted octanol–water partition coefficient (Wildman–Crippen LogP) is 1.39. The van der Waals surface area contributed by atoms with Crippen molar-refractivity contribution in [2.45, 2.75) is 19.4 Å². The second-order valence-corrected chi connectivity index (χ2v) is 4.25. The Labute approximate surface area is 105 Å². The Bertz CT molecular complexity index is 468. The zero-order valence-corrected chi connectivity index (χ0v) is 10.1. The lowest BCUT2D eigenvalue weighted by Gasteiger charge is -2.21. The number of rotatable bonds is 2. The van der Waals surface area contributed by atoms with E-state index in [1.165, 1.54) is 4.90 Å². The average Bonchev–Trinajstić information content (AvgIpc) is 2.69. The van der Waals surface area contributed by atoms with Crippen LogP contribution in [0.1, 0.15) is 18.4 Å². The molecule has 1 aliphatic rings. The molecule has 4 amide bonds. The minimum Gasteiger partial charge on any atom is -0.323 e. The monoisotopic (exact) mass is 246 g/mol. The van der Waals surface area contributed by atoms with E-state index in [0.717, 1.165) is 10.5 Å². The van der Waals surface area contributed by atoms with Gasteiger partial charge < -0.3 is 4.90 Å². The number of benzene rings is 1. The van der Waals surface area contributed by atoms with E-state index in [1.54, 1.807) is 7.05 Å². The molecule has 1 aromatic rings. The molecule has 1 saturated heterocycles. The summed E-state index contributed by atoms with van der Waals surface area (Å²) in [5.41, 5.74) is 0.951. The van der Waals surface area contributed by atoms with E-state index in [-0.39, 0.29) is 12.8 Å². The third-order valence-corrected chi connectivity index (χ3v) is 2.83. The molecule has 0 aromatic heterocycles. The van der Waals surface area contributed by atoms with Crippen LogP contribution in [0.25, 0.3) is 0 Å². The fourth-order valence-corrected chi connectivity index (χ4v) is 1.89. The van der Waals surface area contributed by atoms with Crippen LogP contribution in [0.4, 0.5) is 4.79 Å². The number of hydrogen-bond acceptors (Lipinski definition) is 3. The van der Waals surface area contributed by atoms with Gasteiger partial charge in [-0.3, -0.25) is 9.59 Å². The van der Waals surface area contributed by atoms with Gasteiger partial charge in [0.2, 0.25) is 11.8 Å². The highest BCUT2D eigenvalue weighted by Gasteiger charge is 2.36. The van der Waals surface area contributed by atoms with E-state index in [2.05, 4.69) is 0 Å². The third kappa shape index (κ3) is 2.40. The molecule has 1 aromatic carbocycles. The molecule has 0 aliphatic carbocycles. The summed E-state index contributed by atoms with van der Waals surface area (Å²) in [5.74, 6) is -0.824. The van der Waals surface area contributed by atoms with Crippen LogP contribution in [0.2, 0.25) is 0 Å². The van der Waals surface area contributed by atoms with Crippen molar-refractivity contribution in [2.75, 3.05) is 7.05 Å². The molecule has 2 rings (SSSR count). The van der Waals surface area contributed by atoms with Crippen molar-refractivity contribution < 1.29 is 14.4 Å². The van der Waals surface area contributed by atoms with Crippen LogP contribution in [0.3, 0.4) is 0 Å². The Kier molecular flexibility index (Phi) is 3.41. The Morgan fingerprint density at radius 2 is 1.72 bits per heavy atom. The van der Waals surface area contributed by atoms with Gasteiger partial charge in [-0.1, -0.05) is 30.3 Å². The maximum absolute atomic E-state index is 12.0. The zero-order chi connectivity index (χ0) is 13.1. The highest BCUT2D eigenvalue weighted by molar-refractivity contribution is 6.14. The molecule has 1 fully saturated rings. The van der Waals surface area contributed by atoms with E-state index < -0.39 is 17.8 Å². The van der Waals surface area contributed by atoms with Crippen molar-refractivity contribution in [3.8, 4) is 0 Å². The molecule has 0 saturated carbocycles. The highest BCUT2D eigenvalue weighted by atomic mass is 16.2. The zero-order valence-electron chi connectivity index (χ0n) is 10.1. The first kappa shape index (κ1) is 12.3. The van der Waals surface area contributed by atoms with Crippen LogP contribution in [-0.4, -0.2) is 34.7 Å². The molecular formula is C13H14N2O3. The molecule has 0 spiro atoms. The highest BCUT2D eigenvalue weighted by Crippen LogP contribution is 2.15. The van der Waals surface area contributed by atoms with Gasteiger partial charge in [-0.05, 0) is 5.56 Å². The molecule has 0 N–H and O–H groups in total. The van der Waals surface area contributed by atoms with Crippen LogP contribution >= 0.6 is 0 Å². The van der Waals surface area contributed by atoms with Crippen molar-refractivity contribution in [2.24, 2.45) is 0 Å². The lowest BCUT2D eigenvalue weighted by atomic mass is 10.2. The summed E-state index contributed by atoms with van der Waals surface area (Å²) in [6.07, 6.45) is 0.257. The van der Waals surface area contributed by atoms with Crippen molar-refractivity contribution in [3.05, 3.63) is 35.9 Å². The van der Waals surface area contributed by atoms with Gasteiger partial charge in [0, 0.05) is 26.4 Å². The smallest absolute Gasteiger partial charge is 0.323 e. The van der Waals surface area contributed by atoms with Gasteiger partial charge in [0.15, 0.2) is 0 Å². The van der Waals surface area contributed by atoms with Crippen LogP contribution in [-0.2, 0) is 16.1 Å². The van der Waals surface area contributed by atoms with E-state index >= 15 is 0 Å².